The summed E-state index contributed by atoms with van der Waals surface area (Å²) >= 11 is 0. The fraction of sp³-hybridized carbons (Fsp3) is 0.345. The maximum atomic E-state index is 14.0. The quantitative estimate of drug-likeness (QED) is 0.178. The van der Waals surface area contributed by atoms with E-state index in [9.17, 15) is 27.2 Å². The molecule has 224 valence electrons. The van der Waals surface area contributed by atoms with Crippen LogP contribution in [0.25, 0.3) is 27.8 Å². The van der Waals surface area contributed by atoms with Crippen molar-refractivity contribution in [2.24, 2.45) is 0 Å². The molecule has 2 aromatic carbocycles. The molecule has 2 aromatic heterocycles. The van der Waals surface area contributed by atoms with Crippen molar-refractivity contribution in [2.45, 2.75) is 62.1 Å². The standard InChI is InChI=1S/C29H26F4N6O4/c30-26(31)43-22-12-18(3-4-20(22)39-16-35-15-36-39)17-1-2-19-13-23(42-21(19)11-17)24(40)37-28(7-9-29(32,33)10-8-28)25(41)38-27(14-34)5-6-27/h1-4,11-16,26,34H,5-10H2,(H,37,40)(H,38,41). The van der Waals surface area contributed by atoms with Gasteiger partial charge in [-0.25, -0.2) is 18.4 Å². The van der Waals surface area contributed by atoms with Gasteiger partial charge in [0, 0.05) is 24.4 Å². The minimum atomic E-state index is -3.08. The van der Waals surface area contributed by atoms with Gasteiger partial charge in [0.25, 0.3) is 5.91 Å². The summed E-state index contributed by atoms with van der Waals surface area (Å²) in [5.74, 6) is -4.56. The van der Waals surface area contributed by atoms with Gasteiger partial charge >= 0.3 is 6.61 Å². The number of benzene rings is 2. The Labute approximate surface area is 241 Å². The molecule has 3 N–H and O–H groups in total. The van der Waals surface area contributed by atoms with E-state index in [-0.39, 0.29) is 30.0 Å². The number of carbonyl (C=O) groups is 2. The van der Waals surface area contributed by atoms with Crippen molar-refractivity contribution in [3.8, 4) is 22.6 Å². The van der Waals surface area contributed by atoms with Crippen molar-refractivity contribution in [2.75, 3.05) is 0 Å². The maximum Gasteiger partial charge on any atom is 0.387 e. The second-order valence-electron chi connectivity index (χ2n) is 10.9. The molecular formula is C29H26F4N6O4. The number of hydrogen-bond acceptors (Lipinski definition) is 7. The van der Waals surface area contributed by atoms with Crippen molar-refractivity contribution in [1.29, 1.82) is 5.41 Å². The summed E-state index contributed by atoms with van der Waals surface area (Å²) in [6, 6.07) is 11.1. The highest BCUT2D eigenvalue weighted by atomic mass is 19.3. The lowest BCUT2D eigenvalue weighted by Gasteiger charge is -2.39. The SMILES string of the molecule is N=CC1(NC(=O)C2(NC(=O)c3cc4ccc(-c5ccc(-n6cncn6)c(OC(F)F)c5)cc4o3)CCC(F)(F)CC2)CC1. The summed E-state index contributed by atoms with van der Waals surface area (Å²) in [4.78, 5) is 30.5. The molecule has 14 heteroatoms. The monoisotopic (exact) mass is 598 g/mol. The van der Waals surface area contributed by atoms with Gasteiger partial charge in [0.15, 0.2) is 11.5 Å². The predicted molar refractivity (Wildman–Crippen MR) is 146 cm³/mol. The number of fused-ring (bicyclic) bond motifs is 1. The summed E-state index contributed by atoms with van der Waals surface area (Å²) in [6.45, 7) is -3.08. The van der Waals surface area contributed by atoms with Crippen molar-refractivity contribution in [3.63, 3.8) is 0 Å². The maximum absolute atomic E-state index is 14.0. The molecule has 0 spiro atoms. The zero-order valence-corrected chi connectivity index (χ0v) is 22.6. The fourth-order valence-corrected chi connectivity index (χ4v) is 5.24. The molecule has 0 radical (unpaired) electrons. The summed E-state index contributed by atoms with van der Waals surface area (Å²) in [7, 11) is 0. The minimum absolute atomic E-state index is 0.129. The first-order chi connectivity index (χ1) is 20.5. The van der Waals surface area contributed by atoms with Crippen molar-refractivity contribution in [3.05, 3.63) is 60.9 Å². The highest BCUT2D eigenvalue weighted by Gasteiger charge is 2.52. The lowest BCUT2D eigenvalue weighted by molar-refractivity contribution is -0.133. The van der Waals surface area contributed by atoms with E-state index >= 15 is 0 Å². The number of nitrogens with zero attached hydrogens (tertiary/aromatic N) is 3. The normalized spacial score (nSPS) is 18.3. The van der Waals surface area contributed by atoms with Crippen LogP contribution in [0.5, 0.6) is 5.75 Å². The Morgan fingerprint density at radius 3 is 2.37 bits per heavy atom. The van der Waals surface area contributed by atoms with Crippen molar-refractivity contribution in [1.82, 2.24) is 25.4 Å². The van der Waals surface area contributed by atoms with Gasteiger partial charge in [-0.15, -0.1) is 0 Å². The third-order valence-corrected chi connectivity index (χ3v) is 7.97. The van der Waals surface area contributed by atoms with Gasteiger partial charge < -0.3 is 25.2 Å². The van der Waals surface area contributed by atoms with Gasteiger partial charge in [-0.1, -0.05) is 18.2 Å². The van der Waals surface area contributed by atoms with E-state index in [1.807, 2.05) is 0 Å². The molecule has 0 atom stereocenters. The minimum Gasteiger partial charge on any atom is -0.451 e. The number of ether oxygens (including phenoxy) is 1. The average molecular weight is 599 g/mol. The number of halogens is 4. The number of nitrogens with one attached hydrogen (secondary N) is 3. The molecule has 4 aromatic rings. The van der Waals surface area contributed by atoms with Crippen LogP contribution >= 0.6 is 0 Å². The number of amides is 2. The fourth-order valence-electron chi connectivity index (χ4n) is 5.24. The van der Waals surface area contributed by atoms with Crippen molar-refractivity contribution >= 4 is 29.0 Å². The first kappa shape index (κ1) is 28.4. The topological polar surface area (TPSA) is 135 Å². The Balaban J connectivity index is 1.26. The highest BCUT2D eigenvalue weighted by Crippen LogP contribution is 2.41. The Kier molecular flexibility index (Phi) is 6.93. The molecule has 2 amide bonds. The molecule has 0 unspecified atom stereocenters. The largest absolute Gasteiger partial charge is 0.451 e. The van der Waals surface area contributed by atoms with Gasteiger partial charge in [0.1, 0.15) is 29.5 Å². The lowest BCUT2D eigenvalue weighted by Crippen LogP contribution is -2.63. The van der Waals surface area contributed by atoms with Crippen LogP contribution in [-0.2, 0) is 4.79 Å². The summed E-state index contributed by atoms with van der Waals surface area (Å²) in [5.41, 5.74) is -0.750. The number of furan rings is 1. The van der Waals surface area contributed by atoms with E-state index in [4.69, 9.17) is 14.6 Å². The second kappa shape index (κ2) is 10.5. The van der Waals surface area contributed by atoms with E-state index in [1.54, 1.807) is 30.3 Å². The van der Waals surface area contributed by atoms with E-state index in [2.05, 4.69) is 20.7 Å². The summed E-state index contributed by atoms with van der Waals surface area (Å²) in [6.07, 6.45) is 3.16. The third-order valence-electron chi connectivity index (χ3n) is 7.97. The van der Waals surface area contributed by atoms with Gasteiger partial charge in [-0.05, 0) is 61.1 Å². The van der Waals surface area contributed by atoms with Crippen LogP contribution in [0.3, 0.4) is 0 Å². The van der Waals surface area contributed by atoms with Crippen LogP contribution in [0.4, 0.5) is 17.6 Å². The Morgan fingerprint density at radius 2 is 1.72 bits per heavy atom. The number of rotatable bonds is 9. The molecule has 2 fully saturated rings. The zero-order chi connectivity index (χ0) is 30.4. The summed E-state index contributed by atoms with van der Waals surface area (Å²) < 4.78 is 66.2. The average Bonchev–Trinajstić information content (AvgIpc) is 3.33. The molecule has 43 heavy (non-hydrogen) atoms. The molecule has 10 nitrogen and oxygen atoms in total. The van der Waals surface area contributed by atoms with Gasteiger partial charge in [-0.2, -0.15) is 13.9 Å². The van der Waals surface area contributed by atoms with E-state index in [0.717, 1.165) is 6.21 Å². The highest BCUT2D eigenvalue weighted by molar-refractivity contribution is 6.01. The summed E-state index contributed by atoms with van der Waals surface area (Å²) in [5, 5.41) is 17.5. The molecular weight excluding hydrogens is 572 g/mol. The number of carbonyl (C=O) groups excluding carboxylic acids is 2. The first-order valence-corrected chi connectivity index (χ1v) is 13.5. The molecule has 2 saturated carbocycles. The molecule has 2 aliphatic rings. The molecule has 0 aliphatic heterocycles. The van der Waals surface area contributed by atoms with Crippen LogP contribution in [0, 0.1) is 5.41 Å². The molecule has 2 heterocycles. The van der Waals surface area contributed by atoms with Crippen LogP contribution < -0.4 is 15.4 Å². The first-order valence-electron chi connectivity index (χ1n) is 13.5. The number of alkyl halides is 4. The molecule has 2 aliphatic carbocycles. The molecule has 6 rings (SSSR count). The number of aromatic nitrogens is 3. The van der Waals surface area contributed by atoms with Crippen LogP contribution in [0.1, 0.15) is 49.1 Å². The van der Waals surface area contributed by atoms with E-state index in [1.165, 1.54) is 29.5 Å². The molecule has 0 bridgehead atoms. The van der Waals surface area contributed by atoms with Gasteiger partial charge in [0.2, 0.25) is 11.8 Å². The predicted octanol–water partition coefficient (Wildman–Crippen LogP) is 5.26. The van der Waals surface area contributed by atoms with Gasteiger partial charge in [0.05, 0.1) is 5.54 Å². The molecule has 0 saturated heterocycles. The Morgan fingerprint density at radius 1 is 1.00 bits per heavy atom. The smallest absolute Gasteiger partial charge is 0.387 e. The van der Waals surface area contributed by atoms with Crippen LogP contribution in [0.2, 0.25) is 0 Å². The van der Waals surface area contributed by atoms with Crippen LogP contribution in [0.15, 0.2) is 59.5 Å². The Hall–Kier alpha value is -4.75. The second-order valence-corrected chi connectivity index (χ2v) is 10.9. The zero-order valence-electron chi connectivity index (χ0n) is 22.6. The lowest BCUT2D eigenvalue weighted by atomic mass is 9.78. The van der Waals surface area contributed by atoms with Crippen LogP contribution in [-0.4, -0.2) is 56.4 Å². The van der Waals surface area contributed by atoms with Gasteiger partial charge in [-0.3, -0.25) is 9.59 Å². The Bertz CT molecular complexity index is 1690. The van der Waals surface area contributed by atoms with E-state index in [0.29, 0.717) is 34.9 Å². The number of hydrogen-bond donors (Lipinski definition) is 3. The van der Waals surface area contributed by atoms with Crippen molar-refractivity contribution < 1.29 is 36.3 Å². The third kappa shape index (κ3) is 5.68. The van der Waals surface area contributed by atoms with E-state index < -0.39 is 48.3 Å².